The average molecular weight is 378 g/mol. The van der Waals surface area contributed by atoms with E-state index in [0.29, 0.717) is 22.6 Å². The fourth-order valence-corrected chi connectivity index (χ4v) is 2.29. The first-order chi connectivity index (χ1) is 12.8. The minimum Gasteiger partial charge on any atom is -0.454 e. The van der Waals surface area contributed by atoms with Gasteiger partial charge in [-0.3, -0.25) is 4.79 Å². The van der Waals surface area contributed by atoms with Gasteiger partial charge < -0.3 is 14.2 Å². The topological polar surface area (TPSA) is 61.8 Å². The first kappa shape index (κ1) is 18.5. The highest BCUT2D eigenvalue weighted by Crippen LogP contribution is 2.32. The van der Waals surface area contributed by atoms with Crippen molar-refractivity contribution in [1.29, 1.82) is 0 Å². The molecule has 0 radical (unpaired) electrons. The number of fused-ring (bicyclic) bond motifs is 1. The third kappa shape index (κ3) is 4.66. The molecular formula is C19H13F3O5. The molecule has 2 aromatic rings. The zero-order valence-corrected chi connectivity index (χ0v) is 13.8. The number of carbonyl (C=O) groups excluding carboxylic acids is 2. The van der Waals surface area contributed by atoms with Crippen molar-refractivity contribution in [3.05, 3.63) is 65.2 Å². The minimum atomic E-state index is -4.42. The van der Waals surface area contributed by atoms with Gasteiger partial charge in [0.2, 0.25) is 6.79 Å². The highest BCUT2D eigenvalue weighted by molar-refractivity contribution is 5.99. The zero-order chi connectivity index (χ0) is 19.4. The van der Waals surface area contributed by atoms with E-state index in [1.807, 2.05) is 0 Å². The van der Waals surface area contributed by atoms with Gasteiger partial charge in [-0.2, -0.15) is 13.2 Å². The number of Topliss-reactive ketones (excluding diaryl/α,β-unsaturated/α-hetero) is 1. The fourth-order valence-electron chi connectivity index (χ4n) is 2.29. The van der Waals surface area contributed by atoms with Crippen molar-refractivity contribution in [1.82, 2.24) is 0 Å². The van der Waals surface area contributed by atoms with Crippen molar-refractivity contribution < 1.29 is 37.0 Å². The van der Waals surface area contributed by atoms with Gasteiger partial charge in [0.15, 0.2) is 23.9 Å². The minimum absolute atomic E-state index is 0.0801. The molecule has 0 atom stereocenters. The summed E-state index contributed by atoms with van der Waals surface area (Å²) in [5.74, 6) is -0.244. The Bertz CT molecular complexity index is 885. The number of ether oxygens (including phenoxy) is 3. The van der Waals surface area contributed by atoms with Gasteiger partial charge in [0, 0.05) is 11.6 Å². The number of rotatable bonds is 5. The largest absolute Gasteiger partial charge is 0.454 e. The highest BCUT2D eigenvalue weighted by atomic mass is 19.4. The first-order valence-electron chi connectivity index (χ1n) is 7.78. The molecule has 2 aromatic carbocycles. The molecule has 0 fully saturated rings. The third-order valence-electron chi connectivity index (χ3n) is 3.69. The molecule has 0 amide bonds. The standard InChI is InChI=1S/C19H13F3O5/c20-19(21,22)14-5-1-12(2-6-14)3-8-18(24)25-10-15(23)13-4-7-16-17(9-13)27-11-26-16/h1-9H,10-11H2/b8-3+. The van der Waals surface area contributed by atoms with Crippen molar-refractivity contribution in [3.8, 4) is 11.5 Å². The Morgan fingerprint density at radius 3 is 2.44 bits per heavy atom. The summed E-state index contributed by atoms with van der Waals surface area (Å²) in [7, 11) is 0. The summed E-state index contributed by atoms with van der Waals surface area (Å²) >= 11 is 0. The van der Waals surface area contributed by atoms with Crippen molar-refractivity contribution in [3.63, 3.8) is 0 Å². The highest BCUT2D eigenvalue weighted by Gasteiger charge is 2.29. The Hall–Kier alpha value is -3.29. The van der Waals surface area contributed by atoms with Crippen LogP contribution in [0.2, 0.25) is 0 Å². The number of hydrogen-bond acceptors (Lipinski definition) is 5. The van der Waals surface area contributed by atoms with Gasteiger partial charge >= 0.3 is 12.1 Å². The predicted octanol–water partition coefficient (Wildman–Crippen LogP) is 3.87. The smallest absolute Gasteiger partial charge is 0.416 e. The Morgan fingerprint density at radius 2 is 1.74 bits per heavy atom. The van der Waals surface area contributed by atoms with E-state index >= 15 is 0 Å². The summed E-state index contributed by atoms with van der Waals surface area (Å²) in [6, 6.07) is 8.89. The second-order valence-electron chi connectivity index (χ2n) is 5.55. The summed E-state index contributed by atoms with van der Waals surface area (Å²) in [4.78, 5) is 23.7. The fraction of sp³-hybridized carbons (Fsp3) is 0.158. The first-order valence-corrected chi connectivity index (χ1v) is 7.78. The molecule has 0 unspecified atom stereocenters. The molecular weight excluding hydrogens is 365 g/mol. The monoisotopic (exact) mass is 378 g/mol. The molecule has 1 heterocycles. The number of benzene rings is 2. The van der Waals surface area contributed by atoms with Crippen LogP contribution in [-0.2, 0) is 15.7 Å². The molecule has 27 heavy (non-hydrogen) atoms. The molecule has 140 valence electrons. The van der Waals surface area contributed by atoms with Crippen molar-refractivity contribution in [2.45, 2.75) is 6.18 Å². The van der Waals surface area contributed by atoms with E-state index in [0.717, 1.165) is 18.2 Å². The summed E-state index contributed by atoms with van der Waals surface area (Å²) < 4.78 is 52.6. The maximum Gasteiger partial charge on any atom is 0.416 e. The number of hydrogen-bond donors (Lipinski definition) is 0. The summed E-state index contributed by atoms with van der Waals surface area (Å²) in [6.45, 7) is -0.396. The molecule has 0 N–H and O–H groups in total. The second kappa shape index (κ2) is 7.53. The van der Waals surface area contributed by atoms with E-state index in [1.54, 1.807) is 6.07 Å². The number of alkyl halides is 3. The molecule has 0 bridgehead atoms. The van der Waals surface area contributed by atoms with Crippen LogP contribution in [-0.4, -0.2) is 25.2 Å². The quantitative estimate of drug-likeness (QED) is 0.449. The summed E-state index contributed by atoms with van der Waals surface area (Å²) in [5, 5.41) is 0. The molecule has 0 saturated heterocycles. The van der Waals surface area contributed by atoms with E-state index in [9.17, 15) is 22.8 Å². The van der Waals surface area contributed by atoms with Gasteiger partial charge in [0.1, 0.15) is 0 Å². The van der Waals surface area contributed by atoms with Gasteiger partial charge in [0.25, 0.3) is 0 Å². The van der Waals surface area contributed by atoms with Crippen LogP contribution in [0.3, 0.4) is 0 Å². The third-order valence-corrected chi connectivity index (χ3v) is 3.69. The number of ketones is 1. The Morgan fingerprint density at radius 1 is 1.04 bits per heavy atom. The molecule has 3 rings (SSSR count). The maximum absolute atomic E-state index is 12.5. The van der Waals surface area contributed by atoms with Crippen LogP contribution in [0.25, 0.3) is 6.08 Å². The van der Waals surface area contributed by atoms with Crippen LogP contribution in [0, 0.1) is 0 Å². The maximum atomic E-state index is 12.5. The van der Waals surface area contributed by atoms with Crippen LogP contribution < -0.4 is 9.47 Å². The lowest BCUT2D eigenvalue weighted by molar-refractivity contribution is -0.138. The van der Waals surface area contributed by atoms with Gasteiger partial charge in [-0.05, 0) is 42.0 Å². The molecule has 0 saturated carbocycles. The lowest BCUT2D eigenvalue weighted by Gasteiger charge is -2.06. The van der Waals surface area contributed by atoms with Crippen molar-refractivity contribution >= 4 is 17.8 Å². The molecule has 1 aliphatic heterocycles. The van der Waals surface area contributed by atoms with Gasteiger partial charge in [-0.15, -0.1) is 0 Å². The molecule has 5 nitrogen and oxygen atoms in total. The number of halogens is 3. The Balaban J connectivity index is 1.53. The van der Waals surface area contributed by atoms with E-state index in [4.69, 9.17) is 14.2 Å². The summed E-state index contributed by atoms with van der Waals surface area (Å²) in [6.07, 6.45) is -2.08. The molecule has 1 aliphatic rings. The molecule has 0 aromatic heterocycles. The lowest BCUT2D eigenvalue weighted by atomic mass is 10.1. The normalized spacial score (nSPS) is 13.0. The Labute approximate surface area is 152 Å². The van der Waals surface area contributed by atoms with Crippen molar-refractivity contribution in [2.24, 2.45) is 0 Å². The van der Waals surface area contributed by atoms with E-state index in [1.165, 1.54) is 30.3 Å². The van der Waals surface area contributed by atoms with Crippen molar-refractivity contribution in [2.75, 3.05) is 13.4 Å². The Kier molecular flexibility index (Phi) is 5.16. The average Bonchev–Trinajstić information content (AvgIpc) is 3.11. The van der Waals surface area contributed by atoms with Gasteiger partial charge in [-0.25, -0.2) is 4.79 Å². The molecule has 0 spiro atoms. The summed E-state index contributed by atoms with van der Waals surface area (Å²) in [5.41, 5.74) is -0.0858. The number of esters is 1. The van der Waals surface area contributed by atoms with E-state index < -0.39 is 30.1 Å². The SMILES string of the molecule is O=C(/C=C/c1ccc(C(F)(F)F)cc1)OCC(=O)c1ccc2c(c1)OCO2. The second-order valence-corrected chi connectivity index (χ2v) is 5.55. The van der Waals surface area contributed by atoms with Crippen LogP contribution in [0.5, 0.6) is 11.5 Å². The van der Waals surface area contributed by atoms with E-state index in [-0.39, 0.29) is 6.79 Å². The van der Waals surface area contributed by atoms with Gasteiger partial charge in [0.05, 0.1) is 5.56 Å². The van der Waals surface area contributed by atoms with Crippen LogP contribution in [0.15, 0.2) is 48.5 Å². The van der Waals surface area contributed by atoms with E-state index in [2.05, 4.69) is 0 Å². The molecule has 8 heteroatoms. The lowest BCUT2D eigenvalue weighted by Crippen LogP contribution is -2.12. The van der Waals surface area contributed by atoms with Crippen LogP contribution in [0.1, 0.15) is 21.5 Å². The molecule has 0 aliphatic carbocycles. The van der Waals surface area contributed by atoms with Gasteiger partial charge in [-0.1, -0.05) is 12.1 Å². The number of carbonyl (C=O) groups is 2. The zero-order valence-electron chi connectivity index (χ0n) is 13.8. The van der Waals surface area contributed by atoms with Crippen LogP contribution in [0.4, 0.5) is 13.2 Å². The predicted molar refractivity (Wildman–Crippen MR) is 88.3 cm³/mol. The van der Waals surface area contributed by atoms with Crippen LogP contribution >= 0.6 is 0 Å².